The summed E-state index contributed by atoms with van der Waals surface area (Å²) >= 11 is 3.03. The van der Waals surface area contributed by atoms with Gasteiger partial charge in [0.15, 0.2) is 23.1 Å². The number of fused-ring (bicyclic) bond motifs is 8. The van der Waals surface area contributed by atoms with E-state index in [9.17, 15) is 40.2 Å². The standard InChI is InChI=1S/C44H22N4O4S2/c1-43(2)33-13-30-34(14-29(33)41-35(43)11-23(53-41)9-31-37(49)25-5-19(15-45)20(16-46)6-26(25)38(31)50)44(3,4)36-12-24(54-42(30)36)10-32-39(51)27-7-21(17-47)22(18-48)8-28(27)40(32)52/h5-14H,1-4H3. The predicted octanol–water partition coefficient (Wildman–Crippen LogP) is 8.83. The first-order chi connectivity index (χ1) is 25.7. The number of allylic oxidation sites excluding steroid dienone is 2. The number of nitrogens with zero attached hydrogens (tertiary/aromatic N) is 4. The molecule has 0 fully saturated rings. The van der Waals surface area contributed by atoms with Crippen LogP contribution in [-0.2, 0) is 10.8 Å². The second-order valence-corrected chi connectivity index (χ2v) is 16.9. The third-order valence-electron chi connectivity index (χ3n) is 11.2. The van der Waals surface area contributed by atoms with Gasteiger partial charge in [0.25, 0.3) is 0 Å². The Morgan fingerprint density at radius 1 is 0.444 bits per heavy atom. The highest BCUT2D eigenvalue weighted by molar-refractivity contribution is 7.17. The van der Waals surface area contributed by atoms with Crippen LogP contribution in [0.15, 0.2) is 59.7 Å². The highest BCUT2D eigenvalue weighted by Crippen LogP contribution is 2.59. The first-order valence-electron chi connectivity index (χ1n) is 16.8. The Balaban J connectivity index is 1.08. The third kappa shape index (κ3) is 4.18. The molecule has 0 saturated carbocycles. The van der Waals surface area contributed by atoms with Crippen LogP contribution in [0.4, 0.5) is 0 Å². The van der Waals surface area contributed by atoms with Gasteiger partial charge in [-0.05, 0) is 94.1 Å². The van der Waals surface area contributed by atoms with Gasteiger partial charge in [0.2, 0.25) is 0 Å². The van der Waals surface area contributed by atoms with Crippen molar-refractivity contribution >= 4 is 58.0 Å². The normalized spacial score (nSPS) is 16.1. The molecule has 0 aliphatic heterocycles. The number of carbonyl (C=O) groups excluding carboxylic acids is 4. The summed E-state index contributed by atoms with van der Waals surface area (Å²) in [6.45, 7) is 8.60. The number of benzene rings is 3. The van der Waals surface area contributed by atoms with E-state index >= 15 is 0 Å². The summed E-state index contributed by atoms with van der Waals surface area (Å²) in [6, 6.07) is 21.6. The van der Waals surface area contributed by atoms with E-state index in [-0.39, 0.29) is 55.7 Å². The van der Waals surface area contributed by atoms with Crippen molar-refractivity contribution in [2.75, 3.05) is 0 Å². The van der Waals surface area contributed by atoms with E-state index in [1.165, 1.54) is 46.9 Å². The Morgan fingerprint density at radius 3 is 1.02 bits per heavy atom. The second kappa shape index (κ2) is 10.9. The molecule has 2 heterocycles. The summed E-state index contributed by atoms with van der Waals surface area (Å²) in [5, 5.41) is 37.8. The van der Waals surface area contributed by atoms with Crippen LogP contribution in [0.1, 0.15) is 123 Å². The zero-order chi connectivity index (χ0) is 38.2. The van der Waals surface area contributed by atoms with Crippen LogP contribution in [0.2, 0.25) is 0 Å². The minimum absolute atomic E-state index is 0.0101. The molecule has 8 nitrogen and oxygen atoms in total. The maximum atomic E-state index is 13.4. The molecule has 4 aliphatic rings. The quantitative estimate of drug-likeness (QED) is 0.128. The van der Waals surface area contributed by atoms with Gasteiger partial charge in [0.1, 0.15) is 24.3 Å². The molecule has 0 radical (unpaired) electrons. The molecule has 54 heavy (non-hydrogen) atoms. The molecule has 10 heteroatoms. The molecular formula is C44H22N4O4S2. The lowest BCUT2D eigenvalue weighted by atomic mass is 9.79. The summed E-state index contributed by atoms with van der Waals surface area (Å²) in [6.07, 6.45) is 3.24. The maximum Gasteiger partial charge on any atom is 0.197 e. The van der Waals surface area contributed by atoms with E-state index < -0.39 is 34.0 Å². The van der Waals surface area contributed by atoms with Crippen LogP contribution >= 0.6 is 22.7 Å². The highest BCUT2D eigenvalue weighted by atomic mass is 32.1. The average molecular weight is 735 g/mol. The fraction of sp³-hybridized carbons (Fsp3) is 0.136. The maximum absolute atomic E-state index is 13.4. The minimum atomic E-state index is -0.461. The number of thiophene rings is 2. The van der Waals surface area contributed by atoms with E-state index in [1.54, 1.807) is 12.2 Å². The predicted molar refractivity (Wildman–Crippen MR) is 202 cm³/mol. The first-order valence-corrected chi connectivity index (χ1v) is 18.4. The van der Waals surface area contributed by atoms with E-state index in [2.05, 4.69) is 39.8 Å². The summed E-state index contributed by atoms with van der Waals surface area (Å²) < 4.78 is 0. The second-order valence-electron chi connectivity index (χ2n) is 14.7. The number of hydrogen-bond acceptors (Lipinski definition) is 10. The van der Waals surface area contributed by atoms with Gasteiger partial charge in [-0.25, -0.2) is 0 Å². The molecule has 0 unspecified atom stereocenters. The van der Waals surface area contributed by atoms with Crippen LogP contribution < -0.4 is 0 Å². The topological polar surface area (TPSA) is 163 Å². The van der Waals surface area contributed by atoms with Crippen molar-refractivity contribution in [3.63, 3.8) is 0 Å². The molecule has 0 spiro atoms. The van der Waals surface area contributed by atoms with Gasteiger partial charge in [0, 0.05) is 52.6 Å². The number of nitriles is 4. The highest BCUT2D eigenvalue weighted by Gasteiger charge is 2.44. The van der Waals surface area contributed by atoms with Gasteiger partial charge in [-0.2, -0.15) is 21.0 Å². The van der Waals surface area contributed by atoms with Crippen molar-refractivity contribution in [2.45, 2.75) is 38.5 Å². The van der Waals surface area contributed by atoms with Crippen LogP contribution in [-0.4, -0.2) is 23.1 Å². The Labute approximate surface area is 316 Å². The van der Waals surface area contributed by atoms with Crippen molar-refractivity contribution < 1.29 is 19.2 Å². The smallest absolute Gasteiger partial charge is 0.197 e. The molecule has 0 amide bonds. The van der Waals surface area contributed by atoms with Crippen LogP contribution in [0, 0.1) is 45.3 Å². The summed E-state index contributed by atoms with van der Waals surface area (Å²) in [7, 11) is 0. The lowest BCUT2D eigenvalue weighted by Crippen LogP contribution is -2.17. The molecule has 0 saturated heterocycles. The minimum Gasteiger partial charge on any atom is -0.288 e. The molecule has 0 bridgehead atoms. The van der Waals surface area contributed by atoms with Crippen LogP contribution in [0.25, 0.3) is 33.0 Å². The molecular weight excluding hydrogens is 713 g/mol. The van der Waals surface area contributed by atoms with E-state index in [4.69, 9.17) is 0 Å². The van der Waals surface area contributed by atoms with E-state index in [0.29, 0.717) is 0 Å². The zero-order valence-corrected chi connectivity index (χ0v) is 30.6. The average Bonchev–Trinajstić information content (AvgIpc) is 3.96. The third-order valence-corrected chi connectivity index (χ3v) is 13.4. The van der Waals surface area contributed by atoms with Gasteiger partial charge < -0.3 is 0 Å². The Bertz CT molecular complexity index is 2700. The Morgan fingerprint density at radius 2 is 0.741 bits per heavy atom. The van der Waals surface area contributed by atoms with Gasteiger partial charge in [-0.15, -0.1) is 22.7 Å². The van der Waals surface area contributed by atoms with Crippen molar-refractivity contribution in [2.24, 2.45) is 0 Å². The fourth-order valence-corrected chi connectivity index (χ4v) is 10.8. The van der Waals surface area contributed by atoms with E-state index in [1.807, 2.05) is 36.4 Å². The largest absolute Gasteiger partial charge is 0.288 e. The lowest BCUT2D eigenvalue weighted by Gasteiger charge is -2.24. The summed E-state index contributed by atoms with van der Waals surface area (Å²) in [5.74, 6) is -1.84. The number of rotatable bonds is 2. The zero-order valence-electron chi connectivity index (χ0n) is 29.0. The summed E-state index contributed by atoms with van der Waals surface area (Å²) in [5.41, 5.74) is 6.61. The van der Waals surface area contributed by atoms with Crippen molar-refractivity contribution in [3.05, 3.63) is 136 Å². The Hall–Kier alpha value is -6.82. The molecule has 254 valence electrons. The van der Waals surface area contributed by atoms with Crippen molar-refractivity contribution in [1.82, 2.24) is 0 Å². The molecule has 3 aromatic carbocycles. The molecule has 4 aliphatic carbocycles. The first kappa shape index (κ1) is 33.0. The monoisotopic (exact) mass is 734 g/mol. The molecule has 9 rings (SSSR count). The molecule has 5 aromatic rings. The van der Waals surface area contributed by atoms with E-state index in [0.717, 1.165) is 52.9 Å². The number of ketones is 4. The SMILES string of the molecule is CC1(C)c2cc3c(cc2-c2sc(C=C4C(=O)c5cc(C#N)c(C#N)cc5C4=O)cc21)C(C)(C)c1cc(C=C2C(=O)c4cc(C#N)c(C#N)cc4C2=O)sc1-3. The summed E-state index contributed by atoms with van der Waals surface area (Å²) in [4.78, 5) is 57.2. The lowest BCUT2D eigenvalue weighted by molar-refractivity contribution is 0.0975. The molecule has 0 atom stereocenters. The Kier molecular flexibility index (Phi) is 6.64. The van der Waals surface area contributed by atoms with Gasteiger partial charge in [-0.3, -0.25) is 19.2 Å². The van der Waals surface area contributed by atoms with Gasteiger partial charge in [0.05, 0.1) is 33.4 Å². The van der Waals surface area contributed by atoms with Gasteiger partial charge in [-0.1, -0.05) is 27.7 Å². The van der Waals surface area contributed by atoms with Crippen molar-refractivity contribution in [1.29, 1.82) is 21.0 Å². The van der Waals surface area contributed by atoms with Gasteiger partial charge >= 0.3 is 0 Å². The fourth-order valence-electron chi connectivity index (χ4n) is 8.24. The number of Topliss-reactive ketones (excluding diaryl/α,β-unsaturated/α-hetero) is 4. The number of hydrogen-bond donors (Lipinski definition) is 0. The van der Waals surface area contributed by atoms with Crippen molar-refractivity contribution in [3.8, 4) is 45.2 Å². The molecule has 0 N–H and O–H groups in total. The molecule has 2 aromatic heterocycles. The van der Waals surface area contributed by atoms with Crippen LogP contribution in [0.5, 0.6) is 0 Å². The number of carbonyl (C=O) groups is 4. The van der Waals surface area contributed by atoms with Crippen LogP contribution in [0.3, 0.4) is 0 Å².